The van der Waals surface area contributed by atoms with Crippen molar-refractivity contribution in [2.75, 3.05) is 11.6 Å². The van der Waals surface area contributed by atoms with Crippen molar-refractivity contribution in [3.8, 4) is 22.4 Å². The van der Waals surface area contributed by atoms with Crippen LogP contribution in [0, 0.1) is 0 Å². The van der Waals surface area contributed by atoms with Gasteiger partial charge in [-0.2, -0.15) is 0 Å². The maximum Gasteiger partial charge on any atom is 0.256 e. The van der Waals surface area contributed by atoms with E-state index in [9.17, 15) is 4.79 Å². The van der Waals surface area contributed by atoms with Crippen LogP contribution < -0.4 is 5.32 Å². The predicted octanol–water partition coefficient (Wildman–Crippen LogP) is 8.15. The number of pyridine rings is 1. The first-order valence-corrected chi connectivity index (χ1v) is 13.5. The van der Waals surface area contributed by atoms with Crippen molar-refractivity contribution >= 4 is 55.8 Å². The van der Waals surface area contributed by atoms with Crippen LogP contribution >= 0.6 is 23.1 Å². The Labute approximate surface area is 217 Å². The fraction of sp³-hybridized carbons (Fsp3) is 0.0333. The Kier molecular flexibility index (Phi) is 5.97. The number of anilines is 1. The van der Waals surface area contributed by atoms with Crippen LogP contribution in [0.4, 0.5) is 5.69 Å². The highest BCUT2D eigenvalue weighted by Crippen LogP contribution is 2.31. The molecule has 6 aromatic rings. The second kappa shape index (κ2) is 9.57. The number of hydrogen-bond donors (Lipinski definition) is 1. The third-order valence-corrected chi connectivity index (χ3v) is 8.05. The van der Waals surface area contributed by atoms with E-state index in [4.69, 9.17) is 4.98 Å². The summed E-state index contributed by atoms with van der Waals surface area (Å²) < 4.78 is 2.06. The number of fused-ring (bicyclic) bond motifs is 2. The smallest absolute Gasteiger partial charge is 0.256 e. The van der Waals surface area contributed by atoms with Gasteiger partial charge in [0.25, 0.3) is 5.91 Å². The second-order valence-electron chi connectivity index (χ2n) is 8.34. The number of carbonyl (C=O) groups is 1. The molecule has 0 aliphatic heterocycles. The number of hydrogen-bond acceptors (Lipinski definition) is 5. The van der Waals surface area contributed by atoms with E-state index in [1.165, 1.54) is 0 Å². The number of nitrogens with zero attached hydrogens (tertiary/aromatic N) is 2. The summed E-state index contributed by atoms with van der Waals surface area (Å²) in [4.78, 5) is 22.9. The Hall–Kier alpha value is -4.00. The fourth-order valence-corrected chi connectivity index (χ4v) is 5.77. The molecule has 0 atom stereocenters. The van der Waals surface area contributed by atoms with Crippen molar-refractivity contribution in [1.82, 2.24) is 9.97 Å². The van der Waals surface area contributed by atoms with E-state index in [0.29, 0.717) is 5.56 Å². The molecule has 6 rings (SSSR count). The molecule has 0 saturated carbocycles. The van der Waals surface area contributed by atoms with Crippen LogP contribution in [0.3, 0.4) is 0 Å². The van der Waals surface area contributed by atoms with Crippen LogP contribution in [-0.4, -0.2) is 22.1 Å². The molecule has 0 unspecified atom stereocenters. The zero-order chi connectivity index (χ0) is 24.5. The Morgan fingerprint density at radius 1 is 0.750 bits per heavy atom. The molecule has 36 heavy (non-hydrogen) atoms. The lowest BCUT2D eigenvalue weighted by Crippen LogP contribution is -2.13. The highest BCUT2D eigenvalue weighted by atomic mass is 32.2. The Morgan fingerprint density at radius 2 is 1.47 bits per heavy atom. The number of benzene rings is 4. The largest absolute Gasteiger partial charge is 0.322 e. The molecule has 0 radical (unpaired) electrons. The van der Waals surface area contributed by atoms with Crippen molar-refractivity contribution in [2.45, 2.75) is 4.34 Å². The number of thiazole rings is 1. The van der Waals surface area contributed by atoms with Gasteiger partial charge < -0.3 is 5.32 Å². The van der Waals surface area contributed by atoms with Gasteiger partial charge >= 0.3 is 0 Å². The van der Waals surface area contributed by atoms with Crippen molar-refractivity contribution < 1.29 is 4.79 Å². The molecule has 1 amide bonds. The molecular formula is C30H21N3OS2. The van der Waals surface area contributed by atoms with Crippen molar-refractivity contribution in [3.63, 3.8) is 0 Å². The summed E-state index contributed by atoms with van der Waals surface area (Å²) >= 11 is 3.25. The molecule has 4 nitrogen and oxygen atoms in total. The van der Waals surface area contributed by atoms with E-state index in [0.717, 1.165) is 53.5 Å². The van der Waals surface area contributed by atoms with Crippen molar-refractivity contribution in [2.24, 2.45) is 0 Å². The summed E-state index contributed by atoms with van der Waals surface area (Å²) in [5.74, 6) is -0.162. The Balaban J connectivity index is 1.36. The lowest BCUT2D eigenvalue weighted by atomic mass is 10.0. The van der Waals surface area contributed by atoms with E-state index in [1.54, 1.807) is 23.1 Å². The van der Waals surface area contributed by atoms with E-state index >= 15 is 0 Å². The lowest BCUT2D eigenvalue weighted by Gasteiger charge is -2.11. The van der Waals surface area contributed by atoms with E-state index in [2.05, 4.69) is 46.7 Å². The van der Waals surface area contributed by atoms with Crippen LogP contribution in [0.25, 0.3) is 43.5 Å². The molecule has 0 spiro atoms. The quantitative estimate of drug-likeness (QED) is 0.241. The van der Waals surface area contributed by atoms with Crippen LogP contribution in [0.15, 0.2) is 107 Å². The number of amides is 1. The number of nitrogens with one attached hydrogen (secondary N) is 1. The first-order valence-electron chi connectivity index (χ1n) is 11.5. The van der Waals surface area contributed by atoms with Gasteiger partial charge in [0.1, 0.15) is 0 Å². The molecular weight excluding hydrogens is 482 g/mol. The zero-order valence-corrected chi connectivity index (χ0v) is 21.1. The minimum Gasteiger partial charge on any atom is -0.322 e. The van der Waals surface area contributed by atoms with Gasteiger partial charge in [-0.25, -0.2) is 9.97 Å². The minimum absolute atomic E-state index is 0.162. The molecule has 174 valence electrons. The number of para-hydroxylation sites is 1. The molecule has 4 aromatic carbocycles. The van der Waals surface area contributed by atoms with Crippen LogP contribution in [0.5, 0.6) is 0 Å². The molecule has 0 aliphatic rings. The molecule has 2 aromatic heterocycles. The molecule has 1 N–H and O–H groups in total. The molecule has 0 bridgehead atoms. The summed E-state index contributed by atoms with van der Waals surface area (Å²) in [6.45, 7) is 0. The van der Waals surface area contributed by atoms with Gasteiger partial charge in [0.05, 0.1) is 27.0 Å². The monoisotopic (exact) mass is 503 g/mol. The highest BCUT2D eigenvalue weighted by Gasteiger charge is 2.15. The molecule has 2 heterocycles. The van der Waals surface area contributed by atoms with Gasteiger partial charge in [0.2, 0.25) is 0 Å². The van der Waals surface area contributed by atoms with Crippen LogP contribution in [0.2, 0.25) is 0 Å². The average Bonchev–Trinajstić information content (AvgIpc) is 3.35. The molecule has 0 saturated heterocycles. The average molecular weight is 504 g/mol. The van der Waals surface area contributed by atoms with Gasteiger partial charge in [-0.15, -0.1) is 11.3 Å². The van der Waals surface area contributed by atoms with Gasteiger partial charge in [-0.3, -0.25) is 4.79 Å². The van der Waals surface area contributed by atoms with Crippen LogP contribution in [0.1, 0.15) is 10.4 Å². The summed E-state index contributed by atoms with van der Waals surface area (Å²) in [7, 11) is 0. The van der Waals surface area contributed by atoms with Gasteiger partial charge in [-0.05, 0) is 47.7 Å². The standard InChI is InChI=1S/C30H21N3OS2/c1-35-30-33-26-16-15-22(17-28(26)36-30)31-29(34)24-18-27(32-25-10-6-5-9-23(24)25)21-13-11-20(12-14-21)19-7-3-2-4-8-19/h2-18H,1H3,(H,31,34). The predicted molar refractivity (Wildman–Crippen MR) is 152 cm³/mol. The summed E-state index contributed by atoms with van der Waals surface area (Å²) in [6.07, 6.45) is 2.02. The first-order chi connectivity index (χ1) is 17.7. The van der Waals surface area contributed by atoms with Crippen molar-refractivity contribution in [3.05, 3.63) is 109 Å². The Bertz CT molecular complexity index is 1710. The third kappa shape index (κ3) is 4.37. The van der Waals surface area contributed by atoms with Gasteiger partial charge in [0.15, 0.2) is 4.34 Å². The van der Waals surface area contributed by atoms with Crippen molar-refractivity contribution in [1.29, 1.82) is 0 Å². The van der Waals surface area contributed by atoms with E-state index in [-0.39, 0.29) is 5.91 Å². The van der Waals surface area contributed by atoms with E-state index in [1.807, 2.05) is 73.0 Å². The first kappa shape index (κ1) is 22.5. The number of carbonyl (C=O) groups excluding carboxylic acids is 1. The summed E-state index contributed by atoms with van der Waals surface area (Å²) in [5, 5.41) is 3.91. The normalized spacial score (nSPS) is 11.1. The molecule has 6 heteroatoms. The fourth-order valence-electron chi connectivity index (χ4n) is 4.24. The minimum atomic E-state index is -0.162. The van der Waals surface area contributed by atoms with E-state index < -0.39 is 0 Å². The van der Waals surface area contributed by atoms with Crippen LogP contribution in [-0.2, 0) is 0 Å². The topological polar surface area (TPSA) is 54.9 Å². The number of thioether (sulfide) groups is 1. The third-order valence-electron chi connectivity index (χ3n) is 6.05. The molecule has 0 fully saturated rings. The van der Waals surface area contributed by atoms with Gasteiger partial charge in [0, 0.05) is 16.6 Å². The maximum atomic E-state index is 13.5. The summed E-state index contributed by atoms with van der Waals surface area (Å²) in [5.41, 5.74) is 7.11. The summed E-state index contributed by atoms with van der Waals surface area (Å²) in [6, 6.07) is 34.1. The number of rotatable bonds is 5. The zero-order valence-electron chi connectivity index (χ0n) is 19.4. The lowest BCUT2D eigenvalue weighted by molar-refractivity contribution is 0.102. The second-order valence-corrected chi connectivity index (χ2v) is 10.4. The molecule has 0 aliphatic carbocycles. The Morgan fingerprint density at radius 3 is 2.28 bits per heavy atom. The highest BCUT2D eigenvalue weighted by molar-refractivity contribution is 8.00. The number of aromatic nitrogens is 2. The van der Waals surface area contributed by atoms with Gasteiger partial charge in [-0.1, -0.05) is 84.6 Å². The SMILES string of the molecule is CSc1nc2ccc(NC(=O)c3cc(-c4ccc(-c5ccccc5)cc4)nc4ccccc34)cc2s1. The maximum absolute atomic E-state index is 13.5.